The van der Waals surface area contributed by atoms with Crippen molar-refractivity contribution >= 4 is 21.6 Å². The molecule has 1 aromatic heterocycles. The van der Waals surface area contributed by atoms with Crippen LogP contribution in [0.4, 0.5) is 5.69 Å². The van der Waals surface area contributed by atoms with Crippen molar-refractivity contribution < 1.29 is 4.74 Å². The first-order valence-corrected chi connectivity index (χ1v) is 8.48. The van der Waals surface area contributed by atoms with Gasteiger partial charge in [-0.3, -0.25) is 0 Å². The topological polar surface area (TPSA) is 17.4 Å². The van der Waals surface area contributed by atoms with Crippen LogP contribution in [0.2, 0.25) is 0 Å². The Morgan fingerprint density at radius 2 is 1.74 bits per heavy atom. The number of para-hydroxylation sites is 2. The molecule has 0 N–H and O–H groups in total. The predicted molar refractivity (Wildman–Crippen MR) is 96.0 cm³/mol. The lowest BCUT2D eigenvalue weighted by molar-refractivity contribution is 0.114. The van der Waals surface area contributed by atoms with Crippen LogP contribution in [0, 0.1) is 0 Å². The molecule has 0 amide bonds. The van der Waals surface area contributed by atoms with Gasteiger partial charge < -0.3 is 14.2 Å². The number of nitrogens with zero attached hydrogens (tertiary/aromatic N) is 2. The summed E-state index contributed by atoms with van der Waals surface area (Å²) >= 11 is 3.61. The Hall–Kier alpha value is -2.04. The summed E-state index contributed by atoms with van der Waals surface area (Å²) in [7, 11) is 0. The second kappa shape index (κ2) is 6.22. The summed E-state index contributed by atoms with van der Waals surface area (Å²) in [4.78, 5) is 2.31. The van der Waals surface area contributed by atoms with Crippen LogP contribution in [0.25, 0.3) is 5.69 Å². The molecule has 4 heteroatoms. The lowest BCUT2D eigenvalue weighted by Crippen LogP contribution is -2.22. The molecule has 1 atom stereocenters. The molecule has 1 saturated heterocycles. The van der Waals surface area contributed by atoms with E-state index in [-0.39, 0.29) is 6.23 Å². The standard InChI is InChI=1S/C19H17BrN2O/c20-17-8-4-5-9-18(17)21-11-10-15(14-21)19-22(12-13-23-19)16-6-2-1-3-7-16/h1-11,14,19H,12-13H2/t19-/m1/s1. The first-order valence-electron chi connectivity index (χ1n) is 7.69. The highest BCUT2D eigenvalue weighted by Crippen LogP contribution is 2.33. The summed E-state index contributed by atoms with van der Waals surface area (Å²) in [6.07, 6.45) is 4.20. The van der Waals surface area contributed by atoms with E-state index < -0.39 is 0 Å². The fourth-order valence-corrected chi connectivity index (χ4v) is 3.49. The third kappa shape index (κ3) is 2.80. The number of benzene rings is 2. The number of aromatic nitrogens is 1. The van der Waals surface area contributed by atoms with Gasteiger partial charge in [0.15, 0.2) is 6.23 Å². The second-order valence-corrected chi connectivity index (χ2v) is 6.41. The number of anilines is 1. The maximum absolute atomic E-state index is 5.99. The van der Waals surface area contributed by atoms with Gasteiger partial charge in [0, 0.05) is 34.7 Å². The van der Waals surface area contributed by atoms with Crippen molar-refractivity contribution in [2.75, 3.05) is 18.1 Å². The molecule has 2 aromatic carbocycles. The van der Waals surface area contributed by atoms with Crippen LogP contribution in [0.1, 0.15) is 11.8 Å². The summed E-state index contributed by atoms with van der Waals surface area (Å²) < 4.78 is 9.19. The highest BCUT2D eigenvalue weighted by molar-refractivity contribution is 9.10. The van der Waals surface area contributed by atoms with Crippen molar-refractivity contribution in [3.63, 3.8) is 0 Å². The Labute approximate surface area is 144 Å². The van der Waals surface area contributed by atoms with Crippen molar-refractivity contribution in [2.24, 2.45) is 0 Å². The predicted octanol–water partition coefficient (Wildman–Crippen LogP) is 4.78. The molecule has 0 bridgehead atoms. The lowest BCUT2D eigenvalue weighted by atomic mass is 10.2. The van der Waals surface area contributed by atoms with E-state index in [0.29, 0.717) is 0 Å². The van der Waals surface area contributed by atoms with Gasteiger partial charge in [-0.1, -0.05) is 30.3 Å². The van der Waals surface area contributed by atoms with Gasteiger partial charge >= 0.3 is 0 Å². The molecule has 4 rings (SSSR count). The molecular formula is C19H17BrN2O. The number of halogens is 1. The minimum Gasteiger partial charge on any atom is -0.352 e. The van der Waals surface area contributed by atoms with Gasteiger partial charge in [-0.25, -0.2) is 0 Å². The molecule has 0 aliphatic carbocycles. The molecule has 0 unspecified atom stereocenters. The van der Waals surface area contributed by atoms with Gasteiger partial charge in [0.1, 0.15) is 0 Å². The van der Waals surface area contributed by atoms with Gasteiger partial charge in [-0.05, 0) is 46.3 Å². The zero-order chi connectivity index (χ0) is 15.6. The van der Waals surface area contributed by atoms with Crippen molar-refractivity contribution in [3.8, 4) is 5.69 Å². The number of rotatable bonds is 3. The van der Waals surface area contributed by atoms with Gasteiger partial charge in [0.05, 0.1) is 12.3 Å². The van der Waals surface area contributed by atoms with E-state index in [9.17, 15) is 0 Å². The minimum atomic E-state index is -0.0267. The van der Waals surface area contributed by atoms with Crippen molar-refractivity contribution in [1.82, 2.24) is 4.57 Å². The highest BCUT2D eigenvalue weighted by Gasteiger charge is 2.27. The Kier molecular flexibility index (Phi) is 3.93. The average Bonchev–Trinajstić information content (AvgIpc) is 3.25. The normalized spacial score (nSPS) is 17.6. The van der Waals surface area contributed by atoms with Gasteiger partial charge in [0.2, 0.25) is 0 Å². The largest absolute Gasteiger partial charge is 0.352 e. The number of ether oxygens (including phenoxy) is 1. The molecular weight excluding hydrogens is 352 g/mol. The van der Waals surface area contributed by atoms with Crippen LogP contribution in [-0.2, 0) is 4.74 Å². The molecule has 0 spiro atoms. The quantitative estimate of drug-likeness (QED) is 0.661. The SMILES string of the molecule is Brc1ccccc1-n1ccc([C@H]2OCCN2c2ccccc2)c1. The molecule has 2 heterocycles. The Morgan fingerprint density at radius 3 is 2.57 bits per heavy atom. The molecule has 3 aromatic rings. The minimum absolute atomic E-state index is 0.0267. The zero-order valence-corrected chi connectivity index (χ0v) is 14.2. The van der Waals surface area contributed by atoms with E-state index >= 15 is 0 Å². The number of hydrogen-bond donors (Lipinski definition) is 0. The first-order chi connectivity index (χ1) is 11.3. The lowest BCUT2D eigenvalue weighted by Gasteiger charge is -2.24. The van der Waals surface area contributed by atoms with E-state index in [4.69, 9.17) is 4.74 Å². The van der Waals surface area contributed by atoms with Crippen molar-refractivity contribution in [2.45, 2.75) is 6.23 Å². The third-order valence-electron chi connectivity index (χ3n) is 4.11. The fourth-order valence-electron chi connectivity index (χ4n) is 3.00. The maximum Gasteiger partial charge on any atom is 0.158 e. The smallest absolute Gasteiger partial charge is 0.158 e. The molecule has 0 radical (unpaired) electrons. The van der Waals surface area contributed by atoms with Crippen LogP contribution in [0.15, 0.2) is 77.5 Å². The van der Waals surface area contributed by atoms with Gasteiger partial charge in [-0.15, -0.1) is 0 Å². The summed E-state index contributed by atoms with van der Waals surface area (Å²) in [5, 5.41) is 0. The summed E-state index contributed by atoms with van der Waals surface area (Å²) in [6.45, 7) is 1.66. The van der Waals surface area contributed by atoms with Crippen LogP contribution < -0.4 is 4.90 Å². The molecule has 116 valence electrons. The highest BCUT2D eigenvalue weighted by atomic mass is 79.9. The molecule has 23 heavy (non-hydrogen) atoms. The van der Waals surface area contributed by atoms with Crippen LogP contribution in [-0.4, -0.2) is 17.7 Å². The van der Waals surface area contributed by atoms with Crippen molar-refractivity contribution in [3.05, 3.63) is 83.1 Å². The molecule has 1 aliphatic rings. The van der Waals surface area contributed by atoms with Crippen LogP contribution in [0.5, 0.6) is 0 Å². The Balaban J connectivity index is 1.65. The summed E-state index contributed by atoms with van der Waals surface area (Å²) in [5.41, 5.74) is 3.49. The third-order valence-corrected chi connectivity index (χ3v) is 4.78. The van der Waals surface area contributed by atoms with E-state index in [1.165, 1.54) is 11.3 Å². The molecule has 1 aliphatic heterocycles. The van der Waals surface area contributed by atoms with Crippen molar-refractivity contribution in [1.29, 1.82) is 0 Å². The van der Waals surface area contributed by atoms with E-state index in [2.05, 4.69) is 80.3 Å². The van der Waals surface area contributed by atoms with Gasteiger partial charge in [0.25, 0.3) is 0 Å². The van der Waals surface area contributed by atoms with E-state index in [1.54, 1.807) is 0 Å². The maximum atomic E-state index is 5.99. The van der Waals surface area contributed by atoms with Crippen LogP contribution in [0.3, 0.4) is 0 Å². The Morgan fingerprint density at radius 1 is 0.957 bits per heavy atom. The fraction of sp³-hybridized carbons (Fsp3) is 0.158. The molecule has 3 nitrogen and oxygen atoms in total. The average molecular weight is 369 g/mol. The zero-order valence-electron chi connectivity index (χ0n) is 12.6. The second-order valence-electron chi connectivity index (χ2n) is 5.56. The van der Waals surface area contributed by atoms with Crippen LogP contribution >= 0.6 is 15.9 Å². The molecule has 0 saturated carbocycles. The monoisotopic (exact) mass is 368 g/mol. The van der Waals surface area contributed by atoms with E-state index in [0.717, 1.165) is 23.3 Å². The first kappa shape index (κ1) is 14.5. The molecule has 1 fully saturated rings. The summed E-state index contributed by atoms with van der Waals surface area (Å²) in [6, 6.07) is 20.8. The number of hydrogen-bond acceptors (Lipinski definition) is 2. The van der Waals surface area contributed by atoms with Gasteiger partial charge in [-0.2, -0.15) is 0 Å². The van der Waals surface area contributed by atoms with E-state index in [1.807, 2.05) is 18.2 Å². The Bertz CT molecular complexity index is 800. The summed E-state index contributed by atoms with van der Waals surface area (Å²) in [5.74, 6) is 0.